The number of aromatic nitrogens is 2. The normalized spacial score (nSPS) is 10.8. The van der Waals surface area contributed by atoms with Gasteiger partial charge in [0.1, 0.15) is 10.4 Å². The molecule has 0 saturated carbocycles. The molecule has 0 aliphatic carbocycles. The van der Waals surface area contributed by atoms with Crippen molar-refractivity contribution in [3.8, 4) is 0 Å². The van der Waals surface area contributed by atoms with Gasteiger partial charge in [-0.2, -0.15) is 9.61 Å². The molecule has 90 valence electrons. The number of hydrogen-bond acceptors (Lipinski definition) is 5. The average molecular weight is 252 g/mol. The highest BCUT2D eigenvalue weighted by Gasteiger charge is 2.17. The van der Waals surface area contributed by atoms with Gasteiger partial charge in [0, 0.05) is 0 Å². The van der Waals surface area contributed by atoms with Gasteiger partial charge in [-0.15, -0.1) is 11.3 Å². The number of hydrogen-bond donors (Lipinski definition) is 0. The van der Waals surface area contributed by atoms with Crippen molar-refractivity contribution in [3.05, 3.63) is 26.6 Å². The minimum absolute atomic E-state index is 0.180. The minimum Gasteiger partial charge on any atom is -0.462 e. The molecular weight excluding hydrogens is 240 g/mol. The van der Waals surface area contributed by atoms with Gasteiger partial charge in [0.05, 0.1) is 17.3 Å². The summed E-state index contributed by atoms with van der Waals surface area (Å²) >= 11 is 1.27. The van der Waals surface area contributed by atoms with E-state index in [-0.39, 0.29) is 5.56 Å². The number of carbonyl (C=O) groups excluding carboxylic acids is 1. The molecule has 17 heavy (non-hydrogen) atoms. The second-order valence-corrected chi connectivity index (χ2v) is 4.73. The van der Waals surface area contributed by atoms with Gasteiger partial charge in [0.2, 0.25) is 0 Å². The third-order valence-electron chi connectivity index (χ3n) is 2.26. The van der Waals surface area contributed by atoms with Crippen LogP contribution in [0.3, 0.4) is 0 Å². The van der Waals surface area contributed by atoms with Gasteiger partial charge >= 0.3 is 5.97 Å². The van der Waals surface area contributed by atoms with Crippen molar-refractivity contribution in [1.29, 1.82) is 0 Å². The lowest BCUT2D eigenvalue weighted by molar-refractivity contribution is 0.0529. The quantitative estimate of drug-likeness (QED) is 0.743. The van der Waals surface area contributed by atoms with E-state index in [0.717, 1.165) is 5.57 Å². The highest BCUT2D eigenvalue weighted by molar-refractivity contribution is 7.15. The average Bonchev–Trinajstić information content (AvgIpc) is 2.79. The summed E-state index contributed by atoms with van der Waals surface area (Å²) in [7, 11) is 0. The van der Waals surface area contributed by atoms with E-state index in [1.54, 1.807) is 6.92 Å². The number of ether oxygens (including phenoxy) is 1. The molecule has 0 atom stereocenters. The van der Waals surface area contributed by atoms with Gasteiger partial charge < -0.3 is 4.74 Å². The molecule has 6 heteroatoms. The SMILES string of the molecule is CCOC(=O)c1cnn2c(=O)c(=C(C)C)sc12. The largest absolute Gasteiger partial charge is 0.462 e. The van der Waals surface area contributed by atoms with Gasteiger partial charge in [-0.25, -0.2) is 4.79 Å². The fourth-order valence-electron chi connectivity index (χ4n) is 1.48. The van der Waals surface area contributed by atoms with Crippen LogP contribution in [0.4, 0.5) is 0 Å². The summed E-state index contributed by atoms with van der Waals surface area (Å²) in [6.07, 6.45) is 1.38. The van der Waals surface area contributed by atoms with Crippen LogP contribution < -0.4 is 10.1 Å². The van der Waals surface area contributed by atoms with E-state index in [9.17, 15) is 9.59 Å². The maximum atomic E-state index is 11.9. The lowest BCUT2D eigenvalue weighted by atomic mass is 10.4. The minimum atomic E-state index is -0.441. The zero-order valence-corrected chi connectivity index (χ0v) is 10.6. The van der Waals surface area contributed by atoms with E-state index in [1.165, 1.54) is 22.0 Å². The molecule has 0 amide bonds. The van der Waals surface area contributed by atoms with E-state index in [1.807, 2.05) is 13.8 Å². The van der Waals surface area contributed by atoms with Crippen molar-refractivity contribution in [2.45, 2.75) is 20.8 Å². The first kappa shape index (κ1) is 11.8. The molecule has 2 aromatic heterocycles. The number of nitrogens with zero attached hydrogens (tertiary/aromatic N) is 2. The smallest absolute Gasteiger partial charge is 0.342 e. The number of carbonyl (C=O) groups is 1. The fraction of sp³-hybridized carbons (Fsp3) is 0.364. The van der Waals surface area contributed by atoms with Crippen LogP contribution in [0.15, 0.2) is 11.0 Å². The fourth-order valence-corrected chi connectivity index (χ4v) is 2.52. The molecule has 0 bridgehead atoms. The lowest BCUT2D eigenvalue weighted by Gasteiger charge is -1.96. The second-order valence-electron chi connectivity index (χ2n) is 3.73. The molecule has 0 radical (unpaired) electrons. The third-order valence-corrected chi connectivity index (χ3v) is 3.63. The molecule has 0 unspecified atom stereocenters. The molecule has 0 aliphatic rings. The Labute approximate surface area is 101 Å². The van der Waals surface area contributed by atoms with Crippen LogP contribution in [0, 0.1) is 0 Å². The van der Waals surface area contributed by atoms with Crippen LogP contribution in [0.25, 0.3) is 10.4 Å². The van der Waals surface area contributed by atoms with E-state index in [4.69, 9.17) is 4.74 Å². The van der Waals surface area contributed by atoms with Crippen molar-refractivity contribution in [1.82, 2.24) is 9.61 Å². The van der Waals surface area contributed by atoms with Gasteiger partial charge in [-0.05, 0) is 20.8 Å². The van der Waals surface area contributed by atoms with Crippen molar-refractivity contribution < 1.29 is 9.53 Å². The maximum absolute atomic E-state index is 11.9. The van der Waals surface area contributed by atoms with Crippen LogP contribution >= 0.6 is 11.3 Å². The number of rotatable bonds is 2. The first-order chi connectivity index (χ1) is 8.06. The summed E-state index contributed by atoms with van der Waals surface area (Å²) in [5, 5.41) is 3.92. The Kier molecular flexibility index (Phi) is 2.97. The zero-order chi connectivity index (χ0) is 12.6. The predicted molar refractivity (Wildman–Crippen MR) is 65.3 cm³/mol. The van der Waals surface area contributed by atoms with Crippen LogP contribution in [-0.4, -0.2) is 22.2 Å². The Morgan fingerprint density at radius 1 is 1.53 bits per heavy atom. The molecule has 5 nitrogen and oxygen atoms in total. The number of thiazole rings is 1. The Hall–Kier alpha value is -1.69. The number of esters is 1. The van der Waals surface area contributed by atoms with Crippen molar-refractivity contribution in [2.75, 3.05) is 6.61 Å². The van der Waals surface area contributed by atoms with Gasteiger partial charge in [0.25, 0.3) is 5.56 Å². The van der Waals surface area contributed by atoms with Crippen molar-refractivity contribution in [2.24, 2.45) is 0 Å². The molecule has 0 N–H and O–H groups in total. The summed E-state index contributed by atoms with van der Waals surface area (Å²) < 4.78 is 6.78. The maximum Gasteiger partial charge on any atom is 0.342 e. The highest BCUT2D eigenvalue weighted by atomic mass is 32.1. The Balaban J connectivity index is 2.71. The topological polar surface area (TPSA) is 60.7 Å². The summed E-state index contributed by atoms with van der Waals surface area (Å²) in [6, 6.07) is 0. The zero-order valence-electron chi connectivity index (χ0n) is 9.81. The van der Waals surface area contributed by atoms with Crippen LogP contribution in [0.1, 0.15) is 31.1 Å². The highest BCUT2D eigenvalue weighted by Crippen LogP contribution is 2.13. The predicted octanol–water partition coefficient (Wildman–Crippen LogP) is 0.842. The first-order valence-corrected chi connectivity index (χ1v) is 6.03. The van der Waals surface area contributed by atoms with Crippen LogP contribution in [0.2, 0.25) is 0 Å². The van der Waals surface area contributed by atoms with Gasteiger partial charge in [-0.1, -0.05) is 5.57 Å². The standard InChI is InChI=1S/C11H12N2O3S/c1-4-16-11(15)7-5-12-13-9(14)8(6(2)3)17-10(7)13/h5H,4H2,1-3H3. The summed E-state index contributed by atoms with van der Waals surface area (Å²) in [4.78, 5) is 24.1. The molecule has 0 aromatic carbocycles. The molecule has 0 saturated heterocycles. The van der Waals surface area contributed by atoms with Crippen molar-refractivity contribution in [3.63, 3.8) is 0 Å². The van der Waals surface area contributed by atoms with Crippen LogP contribution in [-0.2, 0) is 4.74 Å². The van der Waals surface area contributed by atoms with E-state index >= 15 is 0 Å². The van der Waals surface area contributed by atoms with E-state index < -0.39 is 5.97 Å². The van der Waals surface area contributed by atoms with E-state index in [2.05, 4.69) is 5.10 Å². The van der Waals surface area contributed by atoms with Gasteiger partial charge in [-0.3, -0.25) is 4.79 Å². The summed E-state index contributed by atoms with van der Waals surface area (Å²) in [6.45, 7) is 5.76. The Morgan fingerprint density at radius 3 is 2.82 bits per heavy atom. The monoisotopic (exact) mass is 252 g/mol. The molecule has 0 aliphatic heterocycles. The Morgan fingerprint density at radius 2 is 2.24 bits per heavy atom. The molecule has 0 spiro atoms. The summed E-state index contributed by atoms with van der Waals surface area (Å²) in [5.74, 6) is -0.441. The van der Waals surface area contributed by atoms with Crippen LogP contribution in [0.5, 0.6) is 0 Å². The first-order valence-electron chi connectivity index (χ1n) is 5.21. The molecule has 2 heterocycles. The molecule has 0 fully saturated rings. The molecule has 2 aromatic rings. The third kappa shape index (κ3) is 1.84. The lowest BCUT2D eigenvalue weighted by Crippen LogP contribution is -2.24. The van der Waals surface area contributed by atoms with E-state index in [0.29, 0.717) is 21.5 Å². The van der Waals surface area contributed by atoms with Gasteiger partial charge in [0.15, 0.2) is 0 Å². The number of fused-ring (bicyclic) bond motifs is 1. The second kappa shape index (κ2) is 4.29. The van der Waals surface area contributed by atoms with Crippen molar-refractivity contribution >= 4 is 27.7 Å². The summed E-state index contributed by atoms with van der Waals surface area (Å²) in [5.41, 5.74) is 1.09. The Bertz CT molecular complexity index is 679. The molecular formula is C11H12N2O3S. The molecule has 2 rings (SSSR count).